The molecule has 0 unspecified atom stereocenters. The van der Waals surface area contributed by atoms with Gasteiger partial charge in [-0.05, 0) is 24.6 Å². The first-order valence-electron chi connectivity index (χ1n) is 5.05. The summed E-state index contributed by atoms with van der Waals surface area (Å²) in [6, 6.07) is 3.48. The molecule has 0 fully saturated rings. The van der Waals surface area contributed by atoms with Crippen molar-refractivity contribution in [3.05, 3.63) is 39.1 Å². The van der Waals surface area contributed by atoms with Crippen molar-refractivity contribution in [3.63, 3.8) is 0 Å². The van der Waals surface area contributed by atoms with Crippen molar-refractivity contribution in [1.29, 1.82) is 0 Å². The van der Waals surface area contributed by atoms with Gasteiger partial charge in [-0.3, -0.25) is 10.1 Å². The van der Waals surface area contributed by atoms with E-state index in [-0.39, 0.29) is 5.70 Å². The van der Waals surface area contributed by atoms with Crippen molar-refractivity contribution in [2.24, 2.45) is 0 Å². The van der Waals surface area contributed by atoms with E-state index in [1.807, 2.05) is 6.92 Å². The van der Waals surface area contributed by atoms with Crippen LogP contribution in [0.1, 0.15) is 18.1 Å². The fourth-order valence-corrected chi connectivity index (χ4v) is 1.48. The zero-order valence-electron chi connectivity index (χ0n) is 10.3. The molecule has 17 heavy (non-hydrogen) atoms. The third-order valence-corrected chi connectivity index (χ3v) is 2.44. The van der Waals surface area contributed by atoms with Gasteiger partial charge in [0.05, 0.1) is 19.1 Å². The van der Waals surface area contributed by atoms with Crippen LogP contribution in [0.3, 0.4) is 0 Å². The summed E-state index contributed by atoms with van der Waals surface area (Å²) in [7, 11) is 3.10. The van der Waals surface area contributed by atoms with E-state index in [9.17, 15) is 10.1 Å². The van der Waals surface area contributed by atoms with E-state index in [4.69, 9.17) is 9.47 Å². The molecule has 1 aromatic carbocycles. The van der Waals surface area contributed by atoms with Crippen LogP contribution in [-0.2, 0) is 0 Å². The maximum Gasteiger partial charge on any atom is 0.243 e. The summed E-state index contributed by atoms with van der Waals surface area (Å²) >= 11 is 0. The fraction of sp³-hybridized carbons (Fsp3) is 0.333. The molecule has 1 aromatic rings. The molecule has 0 aliphatic rings. The Morgan fingerprint density at radius 3 is 2.12 bits per heavy atom. The van der Waals surface area contributed by atoms with Gasteiger partial charge in [-0.15, -0.1) is 0 Å². The minimum Gasteiger partial charge on any atom is -0.496 e. The molecular formula is C12H15NO4. The minimum absolute atomic E-state index is 0.0676. The van der Waals surface area contributed by atoms with Crippen molar-refractivity contribution < 1.29 is 14.4 Å². The summed E-state index contributed by atoms with van der Waals surface area (Å²) in [5.74, 6) is 1.29. The maximum atomic E-state index is 10.6. The number of benzene rings is 1. The van der Waals surface area contributed by atoms with Crippen LogP contribution < -0.4 is 9.47 Å². The second-order valence-electron chi connectivity index (χ2n) is 3.59. The maximum absolute atomic E-state index is 10.6. The molecule has 0 spiro atoms. The quantitative estimate of drug-likeness (QED) is 0.596. The molecule has 0 heterocycles. The molecule has 0 amide bonds. The summed E-state index contributed by atoms with van der Waals surface area (Å²) in [5.41, 5.74) is 1.61. The fourth-order valence-electron chi connectivity index (χ4n) is 1.48. The Morgan fingerprint density at radius 2 is 1.76 bits per heavy atom. The molecule has 5 nitrogen and oxygen atoms in total. The number of nitro groups is 1. The summed E-state index contributed by atoms with van der Waals surface area (Å²) in [4.78, 5) is 10.1. The van der Waals surface area contributed by atoms with Crippen molar-refractivity contribution in [2.75, 3.05) is 14.2 Å². The first kappa shape index (κ1) is 13.0. The van der Waals surface area contributed by atoms with Crippen LogP contribution in [0, 0.1) is 17.0 Å². The summed E-state index contributed by atoms with van der Waals surface area (Å²) in [6.45, 7) is 3.31. The van der Waals surface area contributed by atoms with Crippen LogP contribution >= 0.6 is 0 Å². The van der Waals surface area contributed by atoms with Gasteiger partial charge in [-0.1, -0.05) is 0 Å². The molecule has 0 N–H and O–H groups in total. The number of methoxy groups -OCH3 is 2. The lowest BCUT2D eigenvalue weighted by Crippen LogP contribution is -1.96. The lowest BCUT2D eigenvalue weighted by molar-refractivity contribution is -0.422. The largest absolute Gasteiger partial charge is 0.496 e. The van der Waals surface area contributed by atoms with Crippen LogP contribution in [-0.4, -0.2) is 19.1 Å². The van der Waals surface area contributed by atoms with Gasteiger partial charge in [-0.2, -0.15) is 0 Å². The molecule has 0 aromatic heterocycles. The van der Waals surface area contributed by atoms with Gasteiger partial charge >= 0.3 is 0 Å². The molecule has 0 saturated carbocycles. The smallest absolute Gasteiger partial charge is 0.243 e. The normalized spacial score (nSPS) is 11.2. The molecule has 92 valence electrons. The van der Waals surface area contributed by atoms with Crippen LogP contribution in [0.25, 0.3) is 6.08 Å². The first-order chi connectivity index (χ1) is 7.99. The van der Waals surface area contributed by atoms with Gasteiger partial charge in [0, 0.05) is 18.6 Å². The van der Waals surface area contributed by atoms with Gasteiger partial charge in [0.25, 0.3) is 0 Å². The van der Waals surface area contributed by atoms with Crippen molar-refractivity contribution in [3.8, 4) is 11.5 Å². The average Bonchev–Trinajstić information content (AvgIpc) is 2.30. The van der Waals surface area contributed by atoms with Gasteiger partial charge < -0.3 is 9.47 Å². The van der Waals surface area contributed by atoms with Crippen molar-refractivity contribution in [2.45, 2.75) is 13.8 Å². The predicted molar refractivity (Wildman–Crippen MR) is 64.9 cm³/mol. The summed E-state index contributed by atoms with van der Waals surface area (Å²) in [6.07, 6.45) is 1.48. The molecular weight excluding hydrogens is 222 g/mol. The van der Waals surface area contributed by atoms with E-state index in [0.29, 0.717) is 17.1 Å². The number of hydrogen-bond donors (Lipinski definition) is 0. The van der Waals surface area contributed by atoms with E-state index in [2.05, 4.69) is 0 Å². The van der Waals surface area contributed by atoms with Gasteiger partial charge in [-0.25, -0.2) is 0 Å². The van der Waals surface area contributed by atoms with Gasteiger partial charge in [0.15, 0.2) is 0 Å². The number of ether oxygens (including phenoxy) is 2. The third-order valence-electron chi connectivity index (χ3n) is 2.44. The molecule has 0 saturated heterocycles. The topological polar surface area (TPSA) is 61.6 Å². The predicted octanol–water partition coefficient (Wildman–Crippen LogP) is 2.65. The van der Waals surface area contributed by atoms with E-state index in [0.717, 1.165) is 5.56 Å². The van der Waals surface area contributed by atoms with Crippen LogP contribution in [0.15, 0.2) is 17.8 Å². The summed E-state index contributed by atoms with van der Waals surface area (Å²) < 4.78 is 10.4. The number of nitrogens with zero attached hydrogens (tertiary/aromatic N) is 1. The Morgan fingerprint density at radius 1 is 1.29 bits per heavy atom. The van der Waals surface area contributed by atoms with E-state index in [1.165, 1.54) is 13.0 Å². The molecule has 0 bridgehead atoms. The number of rotatable bonds is 4. The van der Waals surface area contributed by atoms with Crippen molar-refractivity contribution in [1.82, 2.24) is 0 Å². The molecule has 1 rings (SSSR count). The molecule has 5 heteroatoms. The molecule has 0 aliphatic heterocycles. The average molecular weight is 237 g/mol. The zero-order chi connectivity index (χ0) is 13.0. The highest BCUT2D eigenvalue weighted by Gasteiger charge is 2.09. The molecule has 0 aliphatic carbocycles. The Bertz CT molecular complexity index is 441. The van der Waals surface area contributed by atoms with Crippen LogP contribution in [0.2, 0.25) is 0 Å². The van der Waals surface area contributed by atoms with Gasteiger partial charge in [0.1, 0.15) is 11.5 Å². The Kier molecular flexibility index (Phi) is 4.09. The Balaban J connectivity index is 3.27. The van der Waals surface area contributed by atoms with E-state index < -0.39 is 4.92 Å². The molecule has 0 atom stereocenters. The Hall–Kier alpha value is -2.04. The van der Waals surface area contributed by atoms with Gasteiger partial charge in [0.2, 0.25) is 5.70 Å². The van der Waals surface area contributed by atoms with E-state index >= 15 is 0 Å². The minimum atomic E-state index is -0.432. The monoisotopic (exact) mass is 237 g/mol. The lowest BCUT2D eigenvalue weighted by Gasteiger charge is -2.10. The Labute approximate surface area is 99.8 Å². The number of allylic oxidation sites excluding steroid dienone is 1. The summed E-state index contributed by atoms with van der Waals surface area (Å²) in [5, 5.41) is 10.6. The van der Waals surface area contributed by atoms with Crippen LogP contribution in [0.5, 0.6) is 11.5 Å². The standard InChI is InChI=1S/C12H15NO4/c1-8(13(14)15)5-10-6-11(16-3)9(2)12(7-10)17-4/h5-7H,1-4H3. The highest BCUT2D eigenvalue weighted by atomic mass is 16.6. The second-order valence-corrected chi connectivity index (χ2v) is 3.59. The third kappa shape index (κ3) is 2.96. The highest BCUT2D eigenvalue weighted by Crippen LogP contribution is 2.30. The van der Waals surface area contributed by atoms with Crippen LogP contribution in [0.4, 0.5) is 0 Å². The first-order valence-corrected chi connectivity index (χ1v) is 5.05. The van der Waals surface area contributed by atoms with Crippen molar-refractivity contribution >= 4 is 6.08 Å². The van der Waals surface area contributed by atoms with E-state index in [1.54, 1.807) is 26.4 Å². The second kappa shape index (κ2) is 5.34. The highest BCUT2D eigenvalue weighted by molar-refractivity contribution is 5.59. The lowest BCUT2D eigenvalue weighted by atomic mass is 10.1. The molecule has 0 radical (unpaired) electrons. The number of hydrogen-bond acceptors (Lipinski definition) is 4. The zero-order valence-corrected chi connectivity index (χ0v) is 10.3. The SMILES string of the molecule is COc1cc(C=C(C)[N+](=O)[O-])cc(OC)c1C.